The minimum Gasteiger partial charge on any atom is -0.455 e. The Morgan fingerprint density at radius 3 is 1.73 bits per heavy atom. The molecule has 62 heavy (non-hydrogen) atoms. The van der Waals surface area contributed by atoms with Gasteiger partial charge in [-0.25, -0.2) is 4.39 Å². The molecule has 11 rings (SSSR count). The van der Waals surface area contributed by atoms with E-state index in [0.717, 1.165) is 94.3 Å². The number of benzene rings is 9. The topological polar surface area (TPSA) is 21.3 Å². The van der Waals surface area contributed by atoms with Gasteiger partial charge in [0.25, 0.3) is 0 Å². The first-order valence-electron chi connectivity index (χ1n) is 21.2. The molecule has 2 heterocycles. The number of nitrogens with zero attached hydrogens (tertiary/aromatic N) is 2. The van der Waals surface area contributed by atoms with Gasteiger partial charge in [-0.15, -0.1) is 0 Å². The van der Waals surface area contributed by atoms with Gasteiger partial charge >= 0.3 is 0 Å². The number of hydrogen-bond donors (Lipinski definition) is 0. The van der Waals surface area contributed by atoms with Crippen molar-refractivity contribution in [3.8, 4) is 39.1 Å². The molecule has 2 aromatic heterocycles. The third kappa shape index (κ3) is 6.35. The zero-order valence-corrected chi connectivity index (χ0v) is 34.8. The van der Waals surface area contributed by atoms with Gasteiger partial charge in [-0.2, -0.15) is 0 Å². The molecule has 0 aliphatic rings. The van der Waals surface area contributed by atoms with Crippen LogP contribution in [-0.2, 0) is 5.41 Å². The van der Waals surface area contributed by atoms with E-state index in [-0.39, 0.29) is 11.2 Å². The van der Waals surface area contributed by atoms with E-state index < -0.39 is 0 Å². The Balaban J connectivity index is 1.05. The highest BCUT2D eigenvalue weighted by atomic mass is 19.1. The summed E-state index contributed by atoms with van der Waals surface area (Å²) in [6.07, 6.45) is 0. The van der Waals surface area contributed by atoms with Crippen molar-refractivity contribution in [3.05, 3.63) is 218 Å². The number of anilines is 3. The molecule has 4 heteroatoms. The lowest BCUT2D eigenvalue weighted by Crippen LogP contribution is -2.14. The number of hydrogen-bond acceptors (Lipinski definition) is 2. The lowest BCUT2D eigenvalue weighted by molar-refractivity contribution is 0.591. The van der Waals surface area contributed by atoms with E-state index >= 15 is 4.39 Å². The van der Waals surface area contributed by atoms with E-state index in [9.17, 15) is 0 Å². The van der Waals surface area contributed by atoms with Crippen LogP contribution in [0.25, 0.3) is 82.8 Å². The van der Waals surface area contributed by atoms with Crippen molar-refractivity contribution in [2.45, 2.75) is 26.2 Å². The van der Waals surface area contributed by atoms with E-state index in [0.29, 0.717) is 0 Å². The van der Waals surface area contributed by atoms with Crippen LogP contribution in [0.1, 0.15) is 26.3 Å². The molecule has 0 unspecified atom stereocenters. The highest BCUT2D eigenvalue weighted by molar-refractivity contribution is 6.11. The predicted molar refractivity (Wildman–Crippen MR) is 258 cm³/mol. The van der Waals surface area contributed by atoms with Crippen molar-refractivity contribution >= 4 is 60.8 Å². The summed E-state index contributed by atoms with van der Waals surface area (Å²) in [4.78, 5) is 2.32. The molecule has 0 atom stereocenters. The SMILES string of the molecule is CC(C)(C)c1cccc(-n2c3ccccc3c3ccc(F)cc32)c1-c1ccc(N(c2ccc(-c3ccccc3)cc2)c2ccc(-c3cccc4c3oc3ccccc34)cc2)cc1. The highest BCUT2D eigenvalue weighted by Gasteiger charge is 2.25. The summed E-state index contributed by atoms with van der Waals surface area (Å²) in [5.41, 5.74) is 15.6. The van der Waals surface area contributed by atoms with E-state index in [2.05, 4.69) is 200 Å². The van der Waals surface area contributed by atoms with Crippen LogP contribution in [0.5, 0.6) is 0 Å². The van der Waals surface area contributed by atoms with Crippen molar-refractivity contribution in [2.24, 2.45) is 0 Å². The van der Waals surface area contributed by atoms with E-state index in [1.54, 1.807) is 12.1 Å². The summed E-state index contributed by atoms with van der Waals surface area (Å²) in [7, 11) is 0. The average molecular weight is 803 g/mol. The van der Waals surface area contributed by atoms with Gasteiger partial charge in [0.05, 0.1) is 16.7 Å². The van der Waals surface area contributed by atoms with Gasteiger partial charge in [-0.3, -0.25) is 0 Å². The third-order valence-electron chi connectivity index (χ3n) is 12.2. The summed E-state index contributed by atoms with van der Waals surface area (Å²) in [6, 6.07) is 71.6. The molecule has 0 radical (unpaired) electrons. The molecule has 0 bridgehead atoms. The van der Waals surface area contributed by atoms with Gasteiger partial charge in [-0.05, 0) is 106 Å². The third-order valence-corrected chi connectivity index (χ3v) is 12.2. The van der Waals surface area contributed by atoms with Gasteiger partial charge in [0.15, 0.2) is 0 Å². The second kappa shape index (κ2) is 14.8. The van der Waals surface area contributed by atoms with E-state index in [4.69, 9.17) is 4.42 Å². The van der Waals surface area contributed by atoms with Gasteiger partial charge in [0.2, 0.25) is 0 Å². The molecule has 3 nitrogen and oxygen atoms in total. The Morgan fingerprint density at radius 2 is 1.02 bits per heavy atom. The Bertz CT molecular complexity index is 3430. The van der Waals surface area contributed by atoms with Crippen LogP contribution >= 0.6 is 0 Å². The number of rotatable bonds is 7. The molecule has 0 fully saturated rings. The number of fused-ring (bicyclic) bond motifs is 6. The molecule has 0 aliphatic carbocycles. The lowest BCUT2D eigenvalue weighted by atomic mass is 9.81. The fourth-order valence-electron chi connectivity index (χ4n) is 9.28. The van der Waals surface area contributed by atoms with Crippen LogP contribution in [0.15, 0.2) is 211 Å². The average Bonchev–Trinajstić information content (AvgIpc) is 3.85. The zero-order valence-electron chi connectivity index (χ0n) is 34.8. The summed E-state index contributed by atoms with van der Waals surface area (Å²) < 4.78 is 23.7. The van der Waals surface area contributed by atoms with Crippen LogP contribution in [0, 0.1) is 5.82 Å². The second-order valence-electron chi connectivity index (χ2n) is 17.1. The molecule has 0 amide bonds. The van der Waals surface area contributed by atoms with Crippen molar-refractivity contribution in [2.75, 3.05) is 4.90 Å². The van der Waals surface area contributed by atoms with Crippen LogP contribution in [0.4, 0.5) is 21.5 Å². The molecule has 9 aromatic carbocycles. The maximum Gasteiger partial charge on any atom is 0.143 e. The highest BCUT2D eigenvalue weighted by Crippen LogP contribution is 2.44. The second-order valence-corrected chi connectivity index (χ2v) is 17.1. The molecule has 11 aromatic rings. The van der Waals surface area contributed by atoms with E-state index in [1.165, 1.54) is 11.1 Å². The Labute approximate surface area is 360 Å². The van der Waals surface area contributed by atoms with Crippen molar-refractivity contribution < 1.29 is 8.81 Å². The van der Waals surface area contributed by atoms with Crippen LogP contribution in [0.3, 0.4) is 0 Å². The minimum absolute atomic E-state index is 0.172. The minimum atomic E-state index is -0.254. The Kier molecular flexibility index (Phi) is 8.90. The fraction of sp³-hybridized carbons (Fsp3) is 0.0690. The van der Waals surface area contributed by atoms with Crippen molar-refractivity contribution in [3.63, 3.8) is 0 Å². The first-order valence-corrected chi connectivity index (χ1v) is 21.2. The summed E-state index contributed by atoms with van der Waals surface area (Å²) >= 11 is 0. The van der Waals surface area contributed by atoms with Crippen LogP contribution in [-0.4, -0.2) is 4.57 Å². The normalized spacial score (nSPS) is 11.9. The van der Waals surface area contributed by atoms with Crippen molar-refractivity contribution in [1.82, 2.24) is 4.57 Å². The lowest BCUT2D eigenvalue weighted by Gasteiger charge is -2.28. The zero-order chi connectivity index (χ0) is 42.0. The molecule has 0 saturated heterocycles. The number of furan rings is 1. The quantitative estimate of drug-likeness (QED) is 0.160. The first kappa shape index (κ1) is 37.3. The van der Waals surface area contributed by atoms with Crippen LogP contribution in [0.2, 0.25) is 0 Å². The molecular formula is C58H43FN2O. The van der Waals surface area contributed by atoms with Crippen LogP contribution < -0.4 is 4.90 Å². The largest absolute Gasteiger partial charge is 0.455 e. The van der Waals surface area contributed by atoms with Gasteiger partial charge < -0.3 is 13.9 Å². The number of halogens is 1. The van der Waals surface area contributed by atoms with Gasteiger partial charge in [0, 0.05) is 49.7 Å². The summed E-state index contributed by atoms with van der Waals surface area (Å²) in [5.74, 6) is -0.254. The monoisotopic (exact) mass is 802 g/mol. The standard InChI is InChI=1S/C58H43FN2O/c1-58(2,3)51-19-12-21-53(61-52-20-9-7-15-47(52)48-36-29-42(59)37-54(48)61)56(51)41-27-34-45(35-28-41)60(43-30-23-39(24-31-43)38-13-5-4-6-14-38)44-32-25-40(26-33-44)46-17-11-18-50-49-16-8-10-22-55(49)62-57(46)50/h4-37H,1-3H3. The molecule has 0 spiro atoms. The number of aromatic nitrogens is 1. The number of para-hydroxylation sites is 3. The molecule has 0 aliphatic heterocycles. The Hall–Kier alpha value is -7.69. The van der Waals surface area contributed by atoms with Gasteiger partial charge in [0.1, 0.15) is 17.0 Å². The maximum atomic E-state index is 15.0. The molecule has 0 N–H and O–H groups in total. The molecular weight excluding hydrogens is 760 g/mol. The van der Waals surface area contributed by atoms with E-state index in [1.807, 2.05) is 24.3 Å². The summed E-state index contributed by atoms with van der Waals surface area (Å²) in [6.45, 7) is 6.78. The Morgan fingerprint density at radius 1 is 0.452 bits per heavy atom. The first-order chi connectivity index (χ1) is 30.3. The van der Waals surface area contributed by atoms with Crippen molar-refractivity contribution in [1.29, 1.82) is 0 Å². The fourth-order valence-corrected chi connectivity index (χ4v) is 9.28. The van der Waals surface area contributed by atoms with Gasteiger partial charge in [-0.1, -0.05) is 154 Å². The summed E-state index contributed by atoms with van der Waals surface area (Å²) in [5, 5.41) is 4.36. The maximum absolute atomic E-state index is 15.0. The molecule has 0 saturated carbocycles. The molecule has 298 valence electrons. The predicted octanol–water partition coefficient (Wildman–Crippen LogP) is 16.6. The smallest absolute Gasteiger partial charge is 0.143 e.